The van der Waals surface area contributed by atoms with Gasteiger partial charge in [0.15, 0.2) is 11.5 Å². The fourth-order valence-corrected chi connectivity index (χ4v) is 4.64. The topological polar surface area (TPSA) is 141 Å². The zero-order valence-corrected chi connectivity index (χ0v) is 18.5. The van der Waals surface area contributed by atoms with Crippen molar-refractivity contribution in [3.8, 4) is 17.5 Å². The number of carboxylic acid groups (broad SMARTS) is 1. The molecule has 5 rings (SSSR count). The molecule has 0 radical (unpaired) electrons. The number of anilines is 2. The number of benzene rings is 1. The summed E-state index contributed by atoms with van der Waals surface area (Å²) in [7, 11) is 0. The van der Waals surface area contributed by atoms with E-state index >= 15 is 0 Å². The second-order valence-corrected chi connectivity index (χ2v) is 8.45. The molecule has 1 amide bonds. The molecule has 3 aromatic rings. The number of aliphatic hydroxyl groups is 1. The summed E-state index contributed by atoms with van der Waals surface area (Å²) < 4.78 is 7.72. The van der Waals surface area contributed by atoms with Crippen molar-refractivity contribution in [3.63, 3.8) is 0 Å². The number of rotatable bonds is 7. The Morgan fingerprint density at radius 1 is 1.21 bits per heavy atom. The van der Waals surface area contributed by atoms with Crippen LogP contribution in [-0.2, 0) is 11.3 Å². The van der Waals surface area contributed by atoms with Crippen LogP contribution >= 0.6 is 0 Å². The Kier molecular flexibility index (Phi) is 6.00. The van der Waals surface area contributed by atoms with Crippen LogP contribution in [0.2, 0.25) is 0 Å². The number of nitriles is 1. The first-order valence-electron chi connectivity index (χ1n) is 11.3. The maximum atomic E-state index is 11.5. The number of hydrogen-bond donors (Lipinski definition) is 2. The molecule has 176 valence electrons. The van der Waals surface area contributed by atoms with Crippen molar-refractivity contribution in [1.29, 1.82) is 5.26 Å². The summed E-state index contributed by atoms with van der Waals surface area (Å²) in [6.45, 7) is 1.64. The van der Waals surface area contributed by atoms with E-state index in [1.807, 2.05) is 0 Å². The number of aryl methyl sites for hydroxylation is 1. The van der Waals surface area contributed by atoms with Crippen LogP contribution in [0.5, 0.6) is 0 Å². The summed E-state index contributed by atoms with van der Waals surface area (Å²) in [6, 6.07) is 9.04. The quantitative estimate of drug-likeness (QED) is 0.540. The minimum Gasteiger partial charge on any atom is -0.465 e. The van der Waals surface area contributed by atoms with Gasteiger partial charge in [0, 0.05) is 24.3 Å². The van der Waals surface area contributed by atoms with Crippen LogP contribution in [-0.4, -0.2) is 74.5 Å². The van der Waals surface area contributed by atoms with Crippen molar-refractivity contribution >= 4 is 28.6 Å². The van der Waals surface area contributed by atoms with Gasteiger partial charge in [0.2, 0.25) is 0 Å². The summed E-state index contributed by atoms with van der Waals surface area (Å²) in [4.78, 5) is 24.5. The second kappa shape index (κ2) is 9.24. The molecule has 2 atom stereocenters. The minimum absolute atomic E-state index is 0.0151. The Balaban J connectivity index is 1.55. The predicted octanol–water partition coefficient (Wildman–Crippen LogP) is 2.25. The van der Waals surface area contributed by atoms with Gasteiger partial charge >= 0.3 is 6.09 Å². The smallest absolute Gasteiger partial charge is 0.411 e. The van der Waals surface area contributed by atoms with Gasteiger partial charge in [-0.3, -0.25) is 4.90 Å². The van der Waals surface area contributed by atoms with Gasteiger partial charge in [-0.05, 0) is 37.1 Å². The fraction of sp³-hybridized carbons (Fsp3) is 0.435. The van der Waals surface area contributed by atoms with Crippen LogP contribution in [0.25, 0.3) is 22.4 Å². The molecule has 11 nitrogen and oxygen atoms in total. The Labute approximate surface area is 195 Å². The highest BCUT2D eigenvalue weighted by Gasteiger charge is 2.35. The first-order chi connectivity index (χ1) is 16.6. The number of amides is 1. The van der Waals surface area contributed by atoms with Gasteiger partial charge in [-0.25, -0.2) is 19.4 Å². The maximum Gasteiger partial charge on any atom is 0.411 e. The van der Waals surface area contributed by atoms with Gasteiger partial charge < -0.3 is 19.8 Å². The molecule has 34 heavy (non-hydrogen) atoms. The van der Waals surface area contributed by atoms with Crippen LogP contribution in [0, 0.1) is 11.3 Å². The van der Waals surface area contributed by atoms with E-state index in [2.05, 4.69) is 16.1 Å². The van der Waals surface area contributed by atoms with Crippen LogP contribution in [0.15, 0.2) is 30.5 Å². The normalized spacial score (nSPS) is 19.4. The molecular weight excluding hydrogens is 438 g/mol. The highest BCUT2D eigenvalue weighted by molar-refractivity contribution is 5.89. The lowest BCUT2D eigenvalue weighted by Gasteiger charge is -2.33. The molecule has 0 spiro atoms. The van der Waals surface area contributed by atoms with E-state index < -0.39 is 6.09 Å². The lowest BCUT2D eigenvalue weighted by atomic mass is 10.1. The van der Waals surface area contributed by atoms with E-state index in [0.717, 1.165) is 47.6 Å². The molecule has 2 aromatic heterocycles. The summed E-state index contributed by atoms with van der Waals surface area (Å²) >= 11 is 0. The molecule has 1 aromatic carbocycles. The largest absolute Gasteiger partial charge is 0.465 e. The van der Waals surface area contributed by atoms with Crippen molar-refractivity contribution in [2.45, 2.75) is 38.0 Å². The molecule has 2 aliphatic rings. The van der Waals surface area contributed by atoms with E-state index in [1.165, 1.54) is 0 Å². The Morgan fingerprint density at radius 2 is 1.94 bits per heavy atom. The number of nitrogens with zero attached hydrogens (tertiary/aromatic N) is 7. The van der Waals surface area contributed by atoms with E-state index in [4.69, 9.17) is 20.0 Å². The average Bonchev–Trinajstić information content (AvgIpc) is 3.42. The van der Waals surface area contributed by atoms with Crippen molar-refractivity contribution in [2.75, 3.05) is 36.0 Å². The highest BCUT2D eigenvalue weighted by Crippen LogP contribution is 2.34. The average molecular weight is 463 g/mol. The molecule has 11 heteroatoms. The number of hydrogen-bond acceptors (Lipinski definition) is 8. The van der Waals surface area contributed by atoms with Crippen LogP contribution in [0.3, 0.4) is 0 Å². The van der Waals surface area contributed by atoms with Gasteiger partial charge in [0.05, 0.1) is 56.0 Å². The van der Waals surface area contributed by atoms with Crippen molar-refractivity contribution in [1.82, 2.24) is 19.7 Å². The number of aromatic nitrogens is 4. The van der Waals surface area contributed by atoms with Crippen LogP contribution in [0.1, 0.15) is 19.3 Å². The summed E-state index contributed by atoms with van der Waals surface area (Å²) in [5.74, 6) is 1.29. The first kappa shape index (κ1) is 22.1. The minimum atomic E-state index is -1.13. The number of aliphatic hydroxyl groups excluding tert-OH is 1. The standard InChI is InChI=1S/C23H25N7O4/c24-8-1-9-30-22-19(12-25-30)21(28-13-17-6-7-18(14-28)34-17)26-20(27-22)15-2-4-16(5-3-15)29(10-11-31)23(32)33/h2-5,12,17-18,31H,1,6-7,9-11,13-14H2,(H,32,33). The lowest BCUT2D eigenvalue weighted by Crippen LogP contribution is -2.43. The summed E-state index contributed by atoms with van der Waals surface area (Å²) in [6.07, 6.45) is 3.40. The third kappa shape index (κ3) is 4.13. The maximum absolute atomic E-state index is 11.5. The molecule has 0 aliphatic carbocycles. The molecule has 2 fully saturated rings. The summed E-state index contributed by atoms with van der Waals surface area (Å²) in [5.41, 5.74) is 1.84. The van der Waals surface area contributed by atoms with Gasteiger partial charge in [0.1, 0.15) is 5.82 Å². The summed E-state index contributed by atoms with van der Waals surface area (Å²) in [5, 5.41) is 32.9. The lowest BCUT2D eigenvalue weighted by molar-refractivity contribution is 0.0303. The first-order valence-corrected chi connectivity index (χ1v) is 11.3. The van der Waals surface area contributed by atoms with E-state index in [9.17, 15) is 15.0 Å². The fourth-order valence-electron chi connectivity index (χ4n) is 4.64. The van der Waals surface area contributed by atoms with Crippen molar-refractivity contribution < 1.29 is 19.7 Å². The van der Waals surface area contributed by atoms with Crippen LogP contribution < -0.4 is 9.80 Å². The van der Waals surface area contributed by atoms with Crippen molar-refractivity contribution in [2.24, 2.45) is 0 Å². The second-order valence-electron chi connectivity index (χ2n) is 8.45. The molecule has 2 aliphatic heterocycles. The number of carbonyl (C=O) groups is 1. The monoisotopic (exact) mass is 463 g/mol. The third-order valence-electron chi connectivity index (χ3n) is 6.25. The van der Waals surface area contributed by atoms with E-state index in [1.54, 1.807) is 35.1 Å². The third-order valence-corrected chi connectivity index (χ3v) is 6.25. The molecule has 2 saturated heterocycles. The highest BCUT2D eigenvalue weighted by atomic mass is 16.5. The SMILES string of the molecule is N#CCCn1ncc2c(N3CC4CCC(C3)O4)nc(-c3ccc(N(CCO)C(=O)O)cc3)nc21. The number of ether oxygens (including phenoxy) is 1. The van der Waals surface area contributed by atoms with Gasteiger partial charge in [-0.15, -0.1) is 0 Å². The Hall–Kier alpha value is -3.75. The number of morpholine rings is 1. The molecule has 2 N–H and O–H groups in total. The number of fused-ring (bicyclic) bond motifs is 3. The van der Waals surface area contributed by atoms with Gasteiger partial charge in [-0.2, -0.15) is 10.4 Å². The molecule has 4 heterocycles. The Morgan fingerprint density at radius 3 is 2.59 bits per heavy atom. The van der Waals surface area contributed by atoms with Crippen molar-refractivity contribution in [3.05, 3.63) is 30.5 Å². The zero-order valence-electron chi connectivity index (χ0n) is 18.5. The predicted molar refractivity (Wildman–Crippen MR) is 124 cm³/mol. The van der Waals surface area contributed by atoms with Crippen LogP contribution in [0.4, 0.5) is 16.3 Å². The van der Waals surface area contributed by atoms with Gasteiger partial charge in [0.25, 0.3) is 0 Å². The molecule has 0 saturated carbocycles. The molecule has 2 bridgehead atoms. The molecule has 2 unspecified atom stereocenters. The molecular formula is C23H25N7O4. The Bertz CT molecular complexity index is 1220. The van der Waals surface area contributed by atoms with E-state index in [-0.39, 0.29) is 25.4 Å². The zero-order chi connectivity index (χ0) is 23.7. The van der Waals surface area contributed by atoms with E-state index in [0.29, 0.717) is 30.1 Å². The van der Waals surface area contributed by atoms with Gasteiger partial charge in [-0.1, -0.05) is 0 Å².